The molecule has 1 saturated carbocycles. The molecule has 0 saturated heterocycles. The van der Waals surface area contributed by atoms with Crippen molar-refractivity contribution >= 4 is 0 Å². The summed E-state index contributed by atoms with van der Waals surface area (Å²) in [6, 6.07) is 0.317. The SMILES string of the molecule is CC(O)CC(C)NC1(CN)CCC(C)(C)CC1C. The van der Waals surface area contributed by atoms with Crippen molar-refractivity contribution in [3.8, 4) is 0 Å². The van der Waals surface area contributed by atoms with Gasteiger partial charge in [0, 0.05) is 18.1 Å². The highest BCUT2D eigenvalue weighted by Crippen LogP contribution is 2.43. The Hall–Kier alpha value is -0.120. The minimum atomic E-state index is -0.252. The minimum absolute atomic E-state index is 0.0594. The second kappa shape index (κ2) is 5.89. The summed E-state index contributed by atoms with van der Waals surface area (Å²) in [5.74, 6) is 0.586. The zero-order chi connectivity index (χ0) is 14.0. The summed E-state index contributed by atoms with van der Waals surface area (Å²) in [6.45, 7) is 11.7. The van der Waals surface area contributed by atoms with E-state index < -0.39 is 0 Å². The van der Waals surface area contributed by atoms with Crippen LogP contribution in [0.1, 0.15) is 60.3 Å². The Bertz CT molecular complexity index is 265. The van der Waals surface area contributed by atoms with Crippen LogP contribution in [0.15, 0.2) is 0 Å². The van der Waals surface area contributed by atoms with Gasteiger partial charge in [0.05, 0.1) is 6.10 Å². The van der Waals surface area contributed by atoms with Crippen LogP contribution in [0.3, 0.4) is 0 Å². The molecule has 1 aliphatic carbocycles. The first-order valence-electron chi connectivity index (χ1n) is 7.36. The maximum absolute atomic E-state index is 9.49. The molecule has 108 valence electrons. The van der Waals surface area contributed by atoms with Crippen molar-refractivity contribution in [2.45, 2.75) is 78.0 Å². The fourth-order valence-corrected chi connectivity index (χ4v) is 3.57. The fourth-order valence-electron chi connectivity index (χ4n) is 3.57. The Morgan fingerprint density at radius 3 is 2.39 bits per heavy atom. The van der Waals surface area contributed by atoms with Crippen molar-refractivity contribution in [3.63, 3.8) is 0 Å². The van der Waals surface area contributed by atoms with Gasteiger partial charge in [-0.05, 0) is 50.9 Å². The first kappa shape index (κ1) is 15.9. The van der Waals surface area contributed by atoms with E-state index in [1.54, 1.807) is 0 Å². The zero-order valence-corrected chi connectivity index (χ0v) is 12.8. The van der Waals surface area contributed by atoms with Gasteiger partial charge >= 0.3 is 0 Å². The summed E-state index contributed by atoms with van der Waals surface area (Å²) in [4.78, 5) is 0. The number of nitrogens with one attached hydrogen (secondary N) is 1. The van der Waals surface area contributed by atoms with Crippen LogP contribution >= 0.6 is 0 Å². The lowest BCUT2D eigenvalue weighted by molar-refractivity contribution is 0.0634. The molecule has 0 heterocycles. The molecule has 0 aliphatic heterocycles. The first-order valence-corrected chi connectivity index (χ1v) is 7.36. The van der Waals surface area contributed by atoms with Gasteiger partial charge in [-0.1, -0.05) is 20.8 Å². The lowest BCUT2D eigenvalue weighted by Crippen LogP contribution is -2.61. The third-order valence-electron chi connectivity index (χ3n) is 4.64. The van der Waals surface area contributed by atoms with Gasteiger partial charge in [-0.15, -0.1) is 0 Å². The van der Waals surface area contributed by atoms with E-state index in [9.17, 15) is 5.11 Å². The van der Waals surface area contributed by atoms with E-state index in [1.165, 1.54) is 12.8 Å². The highest BCUT2D eigenvalue weighted by atomic mass is 16.3. The second-order valence-corrected chi connectivity index (χ2v) is 7.26. The summed E-state index contributed by atoms with van der Waals surface area (Å²) in [7, 11) is 0. The van der Waals surface area contributed by atoms with E-state index in [0.29, 0.717) is 23.9 Å². The van der Waals surface area contributed by atoms with E-state index in [1.807, 2.05) is 6.92 Å². The molecule has 3 heteroatoms. The summed E-state index contributed by atoms with van der Waals surface area (Å²) in [5, 5.41) is 13.2. The Morgan fingerprint density at radius 1 is 1.33 bits per heavy atom. The van der Waals surface area contributed by atoms with Crippen molar-refractivity contribution in [3.05, 3.63) is 0 Å². The normalized spacial score (nSPS) is 35.2. The summed E-state index contributed by atoms with van der Waals surface area (Å²) >= 11 is 0. The molecule has 0 aromatic heterocycles. The molecule has 3 nitrogen and oxygen atoms in total. The molecule has 0 aromatic carbocycles. The van der Waals surface area contributed by atoms with Crippen LogP contribution in [-0.2, 0) is 0 Å². The van der Waals surface area contributed by atoms with Gasteiger partial charge in [-0.25, -0.2) is 0 Å². The number of hydrogen-bond donors (Lipinski definition) is 3. The van der Waals surface area contributed by atoms with E-state index in [2.05, 4.69) is 33.0 Å². The van der Waals surface area contributed by atoms with E-state index >= 15 is 0 Å². The molecule has 4 N–H and O–H groups in total. The average molecular weight is 256 g/mol. The summed E-state index contributed by atoms with van der Waals surface area (Å²) in [5.41, 5.74) is 6.57. The largest absolute Gasteiger partial charge is 0.393 e. The third-order valence-corrected chi connectivity index (χ3v) is 4.64. The molecule has 1 rings (SSSR count). The number of nitrogens with two attached hydrogens (primary N) is 1. The topological polar surface area (TPSA) is 58.3 Å². The van der Waals surface area contributed by atoms with Crippen molar-refractivity contribution < 1.29 is 5.11 Å². The molecule has 1 fully saturated rings. The lowest BCUT2D eigenvalue weighted by Gasteiger charge is -2.50. The Labute approximate surface area is 113 Å². The van der Waals surface area contributed by atoms with Gasteiger partial charge in [-0.3, -0.25) is 0 Å². The highest BCUT2D eigenvalue weighted by Gasteiger charge is 2.43. The lowest BCUT2D eigenvalue weighted by atomic mass is 9.63. The van der Waals surface area contributed by atoms with Gasteiger partial charge in [0.1, 0.15) is 0 Å². The Kier molecular flexibility index (Phi) is 5.22. The number of aliphatic hydroxyl groups is 1. The zero-order valence-electron chi connectivity index (χ0n) is 12.8. The molecular formula is C15H32N2O. The van der Waals surface area contributed by atoms with Gasteiger partial charge in [0.2, 0.25) is 0 Å². The fraction of sp³-hybridized carbons (Fsp3) is 1.00. The predicted molar refractivity (Wildman–Crippen MR) is 77.5 cm³/mol. The smallest absolute Gasteiger partial charge is 0.0526 e. The number of hydrogen-bond acceptors (Lipinski definition) is 3. The predicted octanol–water partition coefficient (Wildman–Crippen LogP) is 2.28. The number of aliphatic hydroxyl groups excluding tert-OH is 1. The second-order valence-electron chi connectivity index (χ2n) is 7.26. The van der Waals surface area contributed by atoms with Gasteiger partial charge in [0.15, 0.2) is 0 Å². The molecule has 0 amide bonds. The van der Waals surface area contributed by atoms with Crippen LogP contribution in [0, 0.1) is 11.3 Å². The van der Waals surface area contributed by atoms with Gasteiger partial charge < -0.3 is 16.2 Å². The van der Waals surface area contributed by atoms with E-state index in [4.69, 9.17) is 5.73 Å². The van der Waals surface area contributed by atoms with Crippen LogP contribution in [-0.4, -0.2) is 29.3 Å². The van der Waals surface area contributed by atoms with Crippen molar-refractivity contribution in [2.75, 3.05) is 6.54 Å². The minimum Gasteiger partial charge on any atom is -0.393 e. The highest BCUT2D eigenvalue weighted by molar-refractivity contribution is 5.01. The monoisotopic (exact) mass is 256 g/mol. The van der Waals surface area contributed by atoms with Crippen molar-refractivity contribution in [1.29, 1.82) is 0 Å². The van der Waals surface area contributed by atoms with Crippen LogP contribution in [0.25, 0.3) is 0 Å². The molecule has 0 bridgehead atoms. The standard InChI is InChI=1S/C15H32N2O/c1-11-9-14(4,5)6-7-15(11,10-16)17-12(2)8-13(3)18/h11-13,17-18H,6-10,16H2,1-5H3. The van der Waals surface area contributed by atoms with E-state index in [-0.39, 0.29) is 11.6 Å². The molecule has 18 heavy (non-hydrogen) atoms. The molecular weight excluding hydrogens is 224 g/mol. The third kappa shape index (κ3) is 3.94. The van der Waals surface area contributed by atoms with Crippen LogP contribution < -0.4 is 11.1 Å². The summed E-state index contributed by atoms with van der Waals surface area (Å²) < 4.78 is 0. The van der Waals surface area contributed by atoms with Crippen molar-refractivity contribution in [1.82, 2.24) is 5.32 Å². The van der Waals surface area contributed by atoms with E-state index in [0.717, 1.165) is 12.8 Å². The molecule has 0 radical (unpaired) electrons. The van der Waals surface area contributed by atoms with Crippen LogP contribution in [0.5, 0.6) is 0 Å². The molecule has 0 spiro atoms. The molecule has 4 atom stereocenters. The Morgan fingerprint density at radius 2 is 1.94 bits per heavy atom. The maximum atomic E-state index is 9.49. The maximum Gasteiger partial charge on any atom is 0.0526 e. The van der Waals surface area contributed by atoms with Gasteiger partial charge in [-0.2, -0.15) is 0 Å². The molecule has 4 unspecified atom stereocenters. The first-order chi connectivity index (χ1) is 8.21. The van der Waals surface area contributed by atoms with Crippen molar-refractivity contribution in [2.24, 2.45) is 17.1 Å². The van der Waals surface area contributed by atoms with Crippen LogP contribution in [0.4, 0.5) is 0 Å². The summed E-state index contributed by atoms with van der Waals surface area (Å²) in [6.07, 6.45) is 4.12. The molecule has 0 aromatic rings. The number of rotatable bonds is 5. The average Bonchev–Trinajstić information content (AvgIpc) is 2.21. The Balaban J connectivity index is 2.68. The van der Waals surface area contributed by atoms with Crippen LogP contribution in [0.2, 0.25) is 0 Å². The molecule has 1 aliphatic rings. The van der Waals surface area contributed by atoms with Gasteiger partial charge in [0.25, 0.3) is 0 Å². The quantitative estimate of drug-likeness (QED) is 0.707.